The molecule has 0 radical (unpaired) electrons. The average molecular weight is 559 g/mol. The molecule has 0 spiro atoms. The minimum atomic E-state index is -3.83. The van der Waals surface area contributed by atoms with Crippen LogP contribution in [0.5, 0.6) is 5.75 Å². The molecule has 2 aromatic rings. The van der Waals surface area contributed by atoms with Crippen molar-refractivity contribution in [2.24, 2.45) is 5.92 Å². The molecule has 36 heavy (non-hydrogen) atoms. The van der Waals surface area contributed by atoms with E-state index in [1.165, 1.54) is 12.0 Å². The standard InChI is InChI=1S/C25H33Cl2N3O5S/c1-6-23(25(32)28-14-17(2)3)29(15-18-7-8-19(26)13-22(18)27)24(31)16-30(36(5,33)34)20-9-11-21(35-4)12-10-20/h7-13,17,23H,6,14-16H2,1-5H3,(H,28,32)/t23-/m1/s1. The molecule has 1 atom stereocenters. The van der Waals surface area contributed by atoms with Gasteiger partial charge in [0.15, 0.2) is 0 Å². The summed E-state index contributed by atoms with van der Waals surface area (Å²) < 4.78 is 31.5. The number of carbonyl (C=O) groups excluding carboxylic acids is 2. The fourth-order valence-electron chi connectivity index (χ4n) is 3.54. The predicted molar refractivity (Wildman–Crippen MR) is 144 cm³/mol. The van der Waals surface area contributed by atoms with Crippen LogP contribution in [0.2, 0.25) is 10.0 Å². The van der Waals surface area contributed by atoms with E-state index in [2.05, 4.69) is 5.32 Å². The summed E-state index contributed by atoms with van der Waals surface area (Å²) in [7, 11) is -2.32. The number of rotatable bonds is 12. The summed E-state index contributed by atoms with van der Waals surface area (Å²) >= 11 is 12.4. The van der Waals surface area contributed by atoms with Crippen LogP contribution in [-0.2, 0) is 26.2 Å². The van der Waals surface area contributed by atoms with E-state index in [0.29, 0.717) is 40.0 Å². The number of amides is 2. The number of hydrogen-bond acceptors (Lipinski definition) is 5. The molecule has 1 N–H and O–H groups in total. The second-order valence-electron chi connectivity index (χ2n) is 8.79. The normalized spacial score (nSPS) is 12.2. The quantitative estimate of drug-likeness (QED) is 0.418. The lowest BCUT2D eigenvalue weighted by molar-refractivity contribution is -0.140. The molecule has 2 amide bonds. The Bertz CT molecular complexity index is 1160. The fraction of sp³-hybridized carbons (Fsp3) is 0.440. The SMILES string of the molecule is CC[C@H](C(=O)NCC(C)C)N(Cc1ccc(Cl)cc1Cl)C(=O)CN(c1ccc(OC)cc1)S(C)(=O)=O. The van der Waals surface area contributed by atoms with Crippen molar-refractivity contribution >= 4 is 50.7 Å². The molecule has 0 aliphatic heterocycles. The van der Waals surface area contributed by atoms with Crippen LogP contribution in [0.1, 0.15) is 32.8 Å². The number of nitrogens with zero attached hydrogens (tertiary/aromatic N) is 2. The molecule has 0 saturated heterocycles. The maximum Gasteiger partial charge on any atom is 0.244 e. The number of halogens is 2. The van der Waals surface area contributed by atoms with Gasteiger partial charge in [-0.05, 0) is 54.3 Å². The lowest BCUT2D eigenvalue weighted by atomic mass is 10.1. The smallest absolute Gasteiger partial charge is 0.244 e. The van der Waals surface area contributed by atoms with E-state index in [4.69, 9.17) is 27.9 Å². The molecule has 0 fully saturated rings. The maximum atomic E-state index is 13.7. The molecule has 2 aromatic carbocycles. The lowest BCUT2D eigenvalue weighted by Crippen LogP contribution is -2.52. The highest BCUT2D eigenvalue weighted by atomic mass is 35.5. The van der Waals surface area contributed by atoms with E-state index in [1.807, 2.05) is 13.8 Å². The van der Waals surface area contributed by atoms with Crippen molar-refractivity contribution in [3.8, 4) is 5.75 Å². The Morgan fingerprint density at radius 1 is 1.08 bits per heavy atom. The van der Waals surface area contributed by atoms with Crippen molar-refractivity contribution < 1.29 is 22.7 Å². The van der Waals surface area contributed by atoms with Crippen LogP contribution in [0.4, 0.5) is 5.69 Å². The molecule has 2 rings (SSSR count). The maximum absolute atomic E-state index is 13.7. The first-order valence-corrected chi connectivity index (χ1v) is 14.1. The summed E-state index contributed by atoms with van der Waals surface area (Å²) in [5, 5.41) is 3.65. The summed E-state index contributed by atoms with van der Waals surface area (Å²) in [6.07, 6.45) is 1.35. The van der Waals surface area contributed by atoms with Gasteiger partial charge in [0, 0.05) is 23.1 Å². The first-order chi connectivity index (χ1) is 16.9. The molecule has 0 heterocycles. The Labute approximate surface area is 223 Å². The number of anilines is 1. The number of methoxy groups -OCH3 is 1. The van der Waals surface area contributed by atoms with Gasteiger partial charge in [-0.1, -0.05) is 50.0 Å². The van der Waals surface area contributed by atoms with Gasteiger partial charge < -0.3 is 15.0 Å². The van der Waals surface area contributed by atoms with E-state index in [1.54, 1.807) is 49.4 Å². The van der Waals surface area contributed by atoms with Gasteiger partial charge in [-0.15, -0.1) is 0 Å². The summed E-state index contributed by atoms with van der Waals surface area (Å²) in [6.45, 7) is 5.68. The van der Waals surface area contributed by atoms with Crippen LogP contribution in [0, 0.1) is 5.92 Å². The predicted octanol–water partition coefficient (Wildman–Crippen LogP) is 4.35. The molecular weight excluding hydrogens is 525 g/mol. The van der Waals surface area contributed by atoms with Gasteiger partial charge in [0.1, 0.15) is 18.3 Å². The number of nitrogens with one attached hydrogen (secondary N) is 1. The third-order valence-electron chi connectivity index (χ3n) is 5.47. The van der Waals surface area contributed by atoms with E-state index in [0.717, 1.165) is 10.6 Å². The zero-order chi connectivity index (χ0) is 27.0. The van der Waals surface area contributed by atoms with Crippen molar-refractivity contribution in [1.29, 1.82) is 0 Å². The number of benzene rings is 2. The monoisotopic (exact) mass is 557 g/mol. The summed E-state index contributed by atoms with van der Waals surface area (Å²) in [5.41, 5.74) is 0.883. The van der Waals surface area contributed by atoms with Gasteiger partial charge in [-0.3, -0.25) is 13.9 Å². The zero-order valence-electron chi connectivity index (χ0n) is 21.1. The topological polar surface area (TPSA) is 96.0 Å². The van der Waals surface area contributed by atoms with E-state index >= 15 is 0 Å². The highest BCUT2D eigenvalue weighted by molar-refractivity contribution is 7.92. The van der Waals surface area contributed by atoms with Gasteiger partial charge in [0.05, 0.1) is 19.1 Å². The number of ether oxygens (including phenoxy) is 1. The Hall–Kier alpha value is -2.49. The van der Waals surface area contributed by atoms with Crippen LogP contribution < -0.4 is 14.4 Å². The molecular formula is C25H33Cl2N3O5S. The van der Waals surface area contributed by atoms with Crippen molar-refractivity contribution in [3.05, 3.63) is 58.1 Å². The molecule has 0 aliphatic rings. The van der Waals surface area contributed by atoms with Crippen LogP contribution in [0.3, 0.4) is 0 Å². The minimum absolute atomic E-state index is 0.00263. The van der Waals surface area contributed by atoms with Crippen molar-refractivity contribution in [2.75, 3.05) is 30.8 Å². The minimum Gasteiger partial charge on any atom is -0.497 e. The Balaban J connectivity index is 2.45. The molecule has 0 bridgehead atoms. The number of sulfonamides is 1. The van der Waals surface area contributed by atoms with Gasteiger partial charge in [-0.2, -0.15) is 0 Å². The van der Waals surface area contributed by atoms with Gasteiger partial charge >= 0.3 is 0 Å². The Kier molecular flexibility index (Phi) is 10.9. The first kappa shape index (κ1) is 29.7. The van der Waals surface area contributed by atoms with Crippen molar-refractivity contribution in [1.82, 2.24) is 10.2 Å². The van der Waals surface area contributed by atoms with Crippen LogP contribution >= 0.6 is 23.2 Å². The Morgan fingerprint density at radius 3 is 2.22 bits per heavy atom. The number of hydrogen-bond donors (Lipinski definition) is 1. The summed E-state index contributed by atoms with van der Waals surface area (Å²) in [5.74, 6) is -0.101. The van der Waals surface area contributed by atoms with Crippen molar-refractivity contribution in [3.63, 3.8) is 0 Å². The lowest BCUT2D eigenvalue weighted by Gasteiger charge is -2.33. The van der Waals surface area contributed by atoms with E-state index < -0.39 is 28.5 Å². The van der Waals surface area contributed by atoms with Crippen molar-refractivity contribution in [2.45, 2.75) is 39.8 Å². The fourth-order valence-corrected chi connectivity index (χ4v) is 4.86. The molecule has 8 nitrogen and oxygen atoms in total. The van der Waals surface area contributed by atoms with Crippen LogP contribution in [-0.4, -0.2) is 57.6 Å². The molecule has 0 aromatic heterocycles. The second kappa shape index (κ2) is 13.2. The molecule has 0 aliphatic carbocycles. The second-order valence-corrected chi connectivity index (χ2v) is 11.5. The molecule has 0 unspecified atom stereocenters. The molecule has 198 valence electrons. The zero-order valence-corrected chi connectivity index (χ0v) is 23.5. The Morgan fingerprint density at radius 2 is 1.72 bits per heavy atom. The molecule has 0 saturated carbocycles. The first-order valence-electron chi connectivity index (χ1n) is 11.5. The van der Waals surface area contributed by atoms with Gasteiger partial charge in [-0.25, -0.2) is 8.42 Å². The highest BCUT2D eigenvalue weighted by Gasteiger charge is 2.32. The molecule has 11 heteroatoms. The highest BCUT2D eigenvalue weighted by Crippen LogP contribution is 2.25. The largest absolute Gasteiger partial charge is 0.497 e. The summed E-state index contributed by atoms with van der Waals surface area (Å²) in [6, 6.07) is 10.4. The number of carbonyl (C=O) groups is 2. The average Bonchev–Trinajstić information content (AvgIpc) is 2.81. The van der Waals surface area contributed by atoms with E-state index in [-0.39, 0.29) is 18.4 Å². The summed E-state index contributed by atoms with van der Waals surface area (Å²) in [4.78, 5) is 28.1. The third kappa shape index (κ3) is 8.28. The third-order valence-corrected chi connectivity index (χ3v) is 7.19. The van der Waals surface area contributed by atoms with E-state index in [9.17, 15) is 18.0 Å². The van der Waals surface area contributed by atoms with Crippen LogP contribution in [0.25, 0.3) is 0 Å². The van der Waals surface area contributed by atoms with Gasteiger partial charge in [0.25, 0.3) is 0 Å². The van der Waals surface area contributed by atoms with Crippen LogP contribution in [0.15, 0.2) is 42.5 Å². The van der Waals surface area contributed by atoms with Gasteiger partial charge in [0.2, 0.25) is 21.8 Å².